The van der Waals surface area contributed by atoms with Crippen LogP contribution in [-0.4, -0.2) is 21.9 Å². The van der Waals surface area contributed by atoms with E-state index >= 15 is 0 Å². The molecule has 2 heterocycles. The maximum atomic E-state index is 10.2. The molecule has 2 aromatic rings. The molecule has 0 amide bonds. The Hall–Kier alpha value is -2.20. The van der Waals surface area contributed by atoms with Crippen molar-refractivity contribution in [2.45, 2.75) is 50.9 Å². The third-order valence-corrected chi connectivity index (χ3v) is 4.91. The SMILES string of the molecule is CC(C)(O)[C@H]1Cc2cc([C@@H]3CCc4ccc(O)cc4O3)ccc2O1. The number of aryl methyl sites for hydroxylation is 1. The van der Waals surface area contributed by atoms with Crippen LogP contribution in [-0.2, 0) is 12.8 Å². The minimum absolute atomic E-state index is 0.0224. The average Bonchev–Trinajstić information content (AvgIpc) is 2.97. The fraction of sp³-hybridized carbons (Fsp3) is 0.400. The normalized spacial score (nSPS) is 22.3. The number of aromatic hydroxyl groups is 1. The maximum absolute atomic E-state index is 10.2. The zero-order chi connectivity index (χ0) is 16.9. The van der Waals surface area contributed by atoms with Crippen molar-refractivity contribution in [3.05, 3.63) is 53.1 Å². The van der Waals surface area contributed by atoms with Crippen LogP contribution in [0.2, 0.25) is 0 Å². The Kier molecular flexibility index (Phi) is 3.46. The Balaban J connectivity index is 1.57. The molecule has 0 saturated carbocycles. The number of benzene rings is 2. The number of hydrogen-bond donors (Lipinski definition) is 2. The monoisotopic (exact) mass is 326 g/mol. The molecule has 4 rings (SSSR count). The van der Waals surface area contributed by atoms with Crippen LogP contribution in [0.5, 0.6) is 17.2 Å². The van der Waals surface area contributed by atoms with E-state index in [4.69, 9.17) is 9.47 Å². The molecular weight excluding hydrogens is 304 g/mol. The Morgan fingerprint density at radius 2 is 1.83 bits per heavy atom. The van der Waals surface area contributed by atoms with Crippen LogP contribution in [0.1, 0.15) is 43.1 Å². The zero-order valence-corrected chi connectivity index (χ0v) is 14.0. The molecule has 2 aromatic carbocycles. The van der Waals surface area contributed by atoms with E-state index in [1.54, 1.807) is 26.0 Å². The molecule has 2 aliphatic heterocycles. The van der Waals surface area contributed by atoms with Gasteiger partial charge in [-0.05, 0) is 61.6 Å². The molecule has 0 saturated heterocycles. The summed E-state index contributed by atoms with van der Waals surface area (Å²) in [4.78, 5) is 0. The number of fused-ring (bicyclic) bond motifs is 2. The molecule has 0 spiro atoms. The predicted octanol–water partition coefficient (Wildman–Crippen LogP) is 3.53. The van der Waals surface area contributed by atoms with Gasteiger partial charge in [0.2, 0.25) is 0 Å². The van der Waals surface area contributed by atoms with Crippen LogP contribution in [0.25, 0.3) is 0 Å². The van der Waals surface area contributed by atoms with Crippen LogP contribution in [0, 0.1) is 0 Å². The number of phenolic OH excluding ortho intramolecular Hbond substituents is 1. The first-order valence-electron chi connectivity index (χ1n) is 8.40. The fourth-order valence-corrected chi connectivity index (χ4v) is 3.46. The summed E-state index contributed by atoms with van der Waals surface area (Å²) in [5.41, 5.74) is 2.50. The summed E-state index contributed by atoms with van der Waals surface area (Å²) in [6, 6.07) is 11.4. The number of phenols is 1. The minimum Gasteiger partial charge on any atom is -0.508 e. The summed E-state index contributed by atoms with van der Waals surface area (Å²) >= 11 is 0. The molecule has 4 heteroatoms. The highest BCUT2D eigenvalue weighted by molar-refractivity contribution is 5.45. The number of hydrogen-bond acceptors (Lipinski definition) is 4. The van der Waals surface area contributed by atoms with Gasteiger partial charge in [-0.3, -0.25) is 0 Å². The topological polar surface area (TPSA) is 58.9 Å². The lowest BCUT2D eigenvalue weighted by atomic mass is 9.93. The smallest absolute Gasteiger partial charge is 0.131 e. The highest BCUT2D eigenvalue weighted by Crippen LogP contribution is 2.40. The Morgan fingerprint density at radius 3 is 2.62 bits per heavy atom. The van der Waals surface area contributed by atoms with E-state index in [1.807, 2.05) is 18.2 Å². The lowest BCUT2D eigenvalue weighted by Gasteiger charge is -2.26. The van der Waals surface area contributed by atoms with Crippen LogP contribution in [0.15, 0.2) is 36.4 Å². The molecule has 24 heavy (non-hydrogen) atoms. The van der Waals surface area contributed by atoms with Gasteiger partial charge in [0.15, 0.2) is 0 Å². The summed E-state index contributed by atoms with van der Waals surface area (Å²) in [7, 11) is 0. The first-order valence-corrected chi connectivity index (χ1v) is 8.40. The van der Waals surface area contributed by atoms with E-state index in [-0.39, 0.29) is 18.0 Å². The summed E-state index contributed by atoms with van der Waals surface area (Å²) in [5.74, 6) is 1.84. The molecule has 2 aliphatic rings. The maximum Gasteiger partial charge on any atom is 0.131 e. The third-order valence-electron chi connectivity index (χ3n) is 4.91. The number of ether oxygens (including phenoxy) is 2. The van der Waals surface area contributed by atoms with Crippen LogP contribution in [0.3, 0.4) is 0 Å². The minimum atomic E-state index is -0.864. The first kappa shape index (κ1) is 15.3. The number of rotatable bonds is 2. The van der Waals surface area contributed by atoms with Crippen molar-refractivity contribution in [2.75, 3.05) is 0 Å². The van der Waals surface area contributed by atoms with Crippen molar-refractivity contribution in [1.82, 2.24) is 0 Å². The Labute approximate surface area is 141 Å². The van der Waals surface area contributed by atoms with Gasteiger partial charge in [0, 0.05) is 12.5 Å². The fourth-order valence-electron chi connectivity index (χ4n) is 3.46. The van der Waals surface area contributed by atoms with Gasteiger partial charge in [-0.2, -0.15) is 0 Å². The molecule has 126 valence electrons. The van der Waals surface area contributed by atoms with Crippen molar-refractivity contribution >= 4 is 0 Å². The first-order chi connectivity index (χ1) is 11.4. The standard InChI is InChI=1S/C20H22O4/c1-20(2,22)19-10-14-9-13(5-8-17(14)24-19)16-7-4-12-3-6-15(21)11-18(12)23-16/h3,5-6,8-9,11,16,19,21-22H,4,7,10H2,1-2H3/t16-,19+/m0/s1. The molecule has 2 atom stereocenters. The average molecular weight is 326 g/mol. The van der Waals surface area contributed by atoms with Crippen molar-refractivity contribution < 1.29 is 19.7 Å². The third kappa shape index (κ3) is 2.71. The van der Waals surface area contributed by atoms with Gasteiger partial charge in [-0.1, -0.05) is 12.1 Å². The van der Waals surface area contributed by atoms with Crippen molar-refractivity contribution in [3.63, 3.8) is 0 Å². The zero-order valence-electron chi connectivity index (χ0n) is 14.0. The predicted molar refractivity (Wildman–Crippen MR) is 90.7 cm³/mol. The van der Waals surface area contributed by atoms with Gasteiger partial charge in [-0.25, -0.2) is 0 Å². The van der Waals surface area contributed by atoms with Gasteiger partial charge in [0.1, 0.15) is 29.5 Å². The quantitative estimate of drug-likeness (QED) is 0.886. The summed E-state index contributed by atoms with van der Waals surface area (Å²) < 4.78 is 12.0. The second-order valence-corrected chi connectivity index (χ2v) is 7.27. The van der Waals surface area contributed by atoms with E-state index in [0.29, 0.717) is 6.42 Å². The van der Waals surface area contributed by atoms with Gasteiger partial charge in [0.05, 0.1) is 5.60 Å². The van der Waals surface area contributed by atoms with Gasteiger partial charge in [0.25, 0.3) is 0 Å². The molecule has 4 nitrogen and oxygen atoms in total. The summed E-state index contributed by atoms with van der Waals surface area (Å²) in [6.07, 6.45) is 2.31. The van der Waals surface area contributed by atoms with E-state index < -0.39 is 5.60 Å². The van der Waals surface area contributed by atoms with Crippen molar-refractivity contribution in [3.8, 4) is 17.2 Å². The van der Waals surface area contributed by atoms with Crippen molar-refractivity contribution in [1.29, 1.82) is 0 Å². The molecule has 0 aliphatic carbocycles. The lowest BCUT2D eigenvalue weighted by molar-refractivity contribution is -0.0229. The van der Waals surface area contributed by atoms with Gasteiger partial charge in [-0.15, -0.1) is 0 Å². The molecule has 0 bridgehead atoms. The highest BCUT2D eigenvalue weighted by atomic mass is 16.5. The molecule has 0 fully saturated rings. The van der Waals surface area contributed by atoms with Crippen LogP contribution in [0.4, 0.5) is 0 Å². The van der Waals surface area contributed by atoms with E-state index in [9.17, 15) is 10.2 Å². The largest absolute Gasteiger partial charge is 0.508 e. The molecule has 0 aromatic heterocycles. The Morgan fingerprint density at radius 1 is 1.00 bits per heavy atom. The van der Waals surface area contributed by atoms with E-state index in [1.165, 1.54) is 0 Å². The Bertz CT molecular complexity index is 776. The van der Waals surface area contributed by atoms with E-state index in [2.05, 4.69) is 6.07 Å². The molecule has 0 radical (unpaired) electrons. The lowest BCUT2D eigenvalue weighted by Crippen LogP contribution is -2.39. The number of aliphatic hydroxyl groups is 1. The van der Waals surface area contributed by atoms with Crippen molar-refractivity contribution in [2.24, 2.45) is 0 Å². The summed E-state index contributed by atoms with van der Waals surface area (Å²) in [6.45, 7) is 3.55. The van der Waals surface area contributed by atoms with Crippen LogP contribution < -0.4 is 9.47 Å². The van der Waals surface area contributed by atoms with Crippen LogP contribution >= 0.6 is 0 Å². The molecule has 0 unspecified atom stereocenters. The second-order valence-electron chi connectivity index (χ2n) is 7.27. The second kappa shape index (κ2) is 5.42. The summed E-state index contributed by atoms with van der Waals surface area (Å²) in [5, 5.41) is 19.8. The van der Waals surface area contributed by atoms with E-state index in [0.717, 1.165) is 41.0 Å². The van der Waals surface area contributed by atoms with Gasteiger partial charge >= 0.3 is 0 Å². The van der Waals surface area contributed by atoms with Gasteiger partial charge < -0.3 is 19.7 Å². The molecule has 2 N–H and O–H groups in total. The highest BCUT2D eigenvalue weighted by Gasteiger charge is 2.35. The molecular formula is C20H22O4.